The fraction of sp³-hybridized carbons (Fsp3) is 0.500. The molecule has 0 N–H and O–H groups in total. The predicted octanol–water partition coefficient (Wildman–Crippen LogP) is 2.76. The number of nitro benzene ring substituents is 1. The van der Waals surface area contributed by atoms with Crippen LogP contribution < -0.4 is 4.31 Å². The minimum absolute atomic E-state index is 0.0667. The van der Waals surface area contributed by atoms with E-state index < -0.39 is 31.6 Å². The second kappa shape index (κ2) is 4.12. The highest BCUT2D eigenvalue weighted by Gasteiger charge is 2.61. The SMILES string of the molecule is C[C@@]12C[C@@H]1c1ccc([N+](=O)[O-])cc1N(S(=O)(=O)C(F)(F)F)C2. The summed E-state index contributed by atoms with van der Waals surface area (Å²) in [6.07, 6.45) is 0.557. The molecular formula is C12H11F3N2O4S. The van der Waals surface area contributed by atoms with Gasteiger partial charge in [0, 0.05) is 18.7 Å². The van der Waals surface area contributed by atoms with Crippen LogP contribution in [0.2, 0.25) is 0 Å². The van der Waals surface area contributed by atoms with E-state index in [0.29, 0.717) is 12.0 Å². The Morgan fingerprint density at radius 2 is 2.05 bits per heavy atom. The Morgan fingerprint density at radius 1 is 1.41 bits per heavy atom. The zero-order valence-electron chi connectivity index (χ0n) is 11.3. The minimum Gasteiger partial charge on any atom is -0.262 e. The fourth-order valence-electron chi connectivity index (χ4n) is 2.98. The lowest BCUT2D eigenvalue weighted by atomic mass is 9.95. The van der Waals surface area contributed by atoms with Gasteiger partial charge in [-0.3, -0.25) is 14.4 Å². The van der Waals surface area contributed by atoms with Gasteiger partial charge in [-0.15, -0.1) is 0 Å². The number of alkyl halides is 3. The van der Waals surface area contributed by atoms with Gasteiger partial charge >= 0.3 is 15.5 Å². The number of rotatable bonds is 2. The first-order valence-electron chi connectivity index (χ1n) is 6.35. The Hall–Kier alpha value is -1.84. The van der Waals surface area contributed by atoms with Crippen molar-refractivity contribution in [2.75, 3.05) is 10.8 Å². The summed E-state index contributed by atoms with van der Waals surface area (Å²) >= 11 is 0. The largest absolute Gasteiger partial charge is 0.516 e. The highest BCUT2D eigenvalue weighted by Crippen LogP contribution is 2.65. The van der Waals surface area contributed by atoms with Crippen molar-refractivity contribution in [1.29, 1.82) is 0 Å². The van der Waals surface area contributed by atoms with E-state index in [1.54, 1.807) is 6.92 Å². The second-order valence-corrected chi connectivity index (χ2v) is 7.72. The number of nitrogens with zero attached hydrogens (tertiary/aromatic N) is 2. The lowest BCUT2D eigenvalue weighted by Gasteiger charge is -2.33. The summed E-state index contributed by atoms with van der Waals surface area (Å²) in [5.74, 6) is -0.0667. The molecule has 0 aromatic heterocycles. The summed E-state index contributed by atoms with van der Waals surface area (Å²) in [6.45, 7) is 1.38. The molecule has 1 fully saturated rings. The van der Waals surface area contributed by atoms with Gasteiger partial charge in [-0.25, -0.2) is 0 Å². The Balaban J connectivity index is 2.19. The lowest BCUT2D eigenvalue weighted by molar-refractivity contribution is -0.384. The first-order valence-corrected chi connectivity index (χ1v) is 7.79. The fourth-order valence-corrected chi connectivity index (χ4v) is 4.11. The van der Waals surface area contributed by atoms with Crippen LogP contribution in [0.3, 0.4) is 0 Å². The second-order valence-electron chi connectivity index (χ2n) is 5.87. The molecule has 0 saturated heterocycles. The van der Waals surface area contributed by atoms with Crippen LogP contribution in [0, 0.1) is 15.5 Å². The number of sulfonamides is 1. The maximum Gasteiger partial charge on any atom is 0.516 e. The van der Waals surface area contributed by atoms with Crippen molar-refractivity contribution in [3.8, 4) is 0 Å². The highest BCUT2D eigenvalue weighted by atomic mass is 32.2. The number of nitro groups is 1. The van der Waals surface area contributed by atoms with E-state index in [9.17, 15) is 31.7 Å². The van der Waals surface area contributed by atoms with E-state index in [-0.39, 0.29) is 22.5 Å². The molecule has 3 rings (SSSR count). The van der Waals surface area contributed by atoms with Crippen molar-refractivity contribution < 1.29 is 26.5 Å². The standard InChI is InChI=1S/C12H11F3N2O4S/c1-11-5-9(11)8-3-2-7(17(18)19)4-10(8)16(6-11)22(20,21)12(13,14)15/h2-4,9H,5-6H2,1H3/t9-,11+/m1/s1. The third kappa shape index (κ3) is 1.97. The maximum atomic E-state index is 12.9. The van der Waals surface area contributed by atoms with Crippen molar-refractivity contribution in [2.45, 2.75) is 24.8 Å². The van der Waals surface area contributed by atoms with Gasteiger partial charge in [0.05, 0.1) is 10.6 Å². The van der Waals surface area contributed by atoms with Gasteiger partial charge in [-0.2, -0.15) is 21.6 Å². The molecule has 1 aromatic rings. The van der Waals surface area contributed by atoms with E-state index >= 15 is 0 Å². The van der Waals surface area contributed by atoms with Gasteiger partial charge < -0.3 is 0 Å². The summed E-state index contributed by atoms with van der Waals surface area (Å²) in [7, 11) is -5.59. The molecule has 10 heteroatoms. The molecule has 120 valence electrons. The third-order valence-electron chi connectivity index (χ3n) is 4.31. The molecular weight excluding hydrogens is 325 g/mol. The van der Waals surface area contributed by atoms with Crippen LogP contribution in [0.5, 0.6) is 0 Å². The molecule has 1 heterocycles. The van der Waals surface area contributed by atoms with Crippen molar-refractivity contribution >= 4 is 21.4 Å². The van der Waals surface area contributed by atoms with Gasteiger partial charge in [0.25, 0.3) is 5.69 Å². The number of benzene rings is 1. The summed E-state index contributed by atoms with van der Waals surface area (Å²) in [5.41, 5.74) is -6.28. The Labute approximate surface area is 123 Å². The number of fused-ring (bicyclic) bond motifs is 3. The minimum atomic E-state index is -5.59. The van der Waals surface area contributed by atoms with Crippen LogP contribution in [0.1, 0.15) is 24.8 Å². The van der Waals surface area contributed by atoms with Gasteiger partial charge in [0.15, 0.2) is 0 Å². The summed E-state index contributed by atoms with van der Waals surface area (Å²) in [6, 6.07) is 3.43. The Morgan fingerprint density at radius 3 is 2.59 bits per heavy atom. The first kappa shape index (κ1) is 15.1. The van der Waals surface area contributed by atoms with Crippen molar-refractivity contribution in [3.05, 3.63) is 33.9 Å². The zero-order valence-corrected chi connectivity index (χ0v) is 12.1. The van der Waals surface area contributed by atoms with Gasteiger partial charge in [0.1, 0.15) is 0 Å². The summed E-state index contributed by atoms with van der Waals surface area (Å²) in [5, 5.41) is 10.8. The number of anilines is 1. The van der Waals surface area contributed by atoms with Crippen LogP contribution in [0.4, 0.5) is 24.5 Å². The van der Waals surface area contributed by atoms with E-state index in [0.717, 1.165) is 6.07 Å². The quantitative estimate of drug-likeness (QED) is 0.614. The van der Waals surface area contributed by atoms with Crippen molar-refractivity contribution in [2.24, 2.45) is 5.41 Å². The summed E-state index contributed by atoms with van der Waals surface area (Å²) in [4.78, 5) is 10.0. The molecule has 0 bridgehead atoms. The van der Waals surface area contributed by atoms with Crippen LogP contribution in [-0.2, 0) is 10.0 Å². The monoisotopic (exact) mass is 336 g/mol. The van der Waals surface area contributed by atoms with Crippen molar-refractivity contribution in [1.82, 2.24) is 0 Å². The molecule has 1 aliphatic carbocycles. The molecule has 2 aliphatic rings. The molecule has 0 radical (unpaired) electrons. The molecule has 0 spiro atoms. The highest BCUT2D eigenvalue weighted by molar-refractivity contribution is 7.93. The number of non-ortho nitro benzene ring substituents is 1. The van der Waals surface area contributed by atoms with Crippen LogP contribution in [-0.4, -0.2) is 25.4 Å². The first-order chi connectivity index (χ1) is 9.97. The zero-order chi connectivity index (χ0) is 16.5. The molecule has 22 heavy (non-hydrogen) atoms. The van der Waals surface area contributed by atoms with E-state index in [1.807, 2.05) is 0 Å². The van der Waals surface area contributed by atoms with Gasteiger partial charge in [-0.1, -0.05) is 6.92 Å². The molecule has 1 aliphatic heterocycles. The van der Waals surface area contributed by atoms with Gasteiger partial charge in [-0.05, 0) is 29.4 Å². The van der Waals surface area contributed by atoms with Crippen LogP contribution in [0.15, 0.2) is 18.2 Å². The van der Waals surface area contributed by atoms with E-state index in [1.165, 1.54) is 12.1 Å². The predicted molar refractivity (Wildman–Crippen MR) is 70.9 cm³/mol. The van der Waals surface area contributed by atoms with E-state index in [4.69, 9.17) is 0 Å². The average Bonchev–Trinajstić information content (AvgIpc) is 3.08. The Kier molecular flexibility index (Phi) is 2.82. The smallest absolute Gasteiger partial charge is 0.262 e. The van der Waals surface area contributed by atoms with Crippen LogP contribution >= 0.6 is 0 Å². The Bertz CT molecular complexity index is 777. The number of hydrogen-bond acceptors (Lipinski definition) is 4. The molecule has 1 aromatic carbocycles. The number of hydrogen-bond donors (Lipinski definition) is 0. The third-order valence-corrected chi connectivity index (χ3v) is 5.80. The number of halogens is 3. The summed E-state index contributed by atoms with van der Waals surface area (Å²) < 4.78 is 62.5. The molecule has 0 unspecified atom stereocenters. The van der Waals surface area contributed by atoms with Crippen molar-refractivity contribution in [3.63, 3.8) is 0 Å². The lowest BCUT2D eigenvalue weighted by Crippen LogP contribution is -2.45. The van der Waals surface area contributed by atoms with E-state index in [2.05, 4.69) is 0 Å². The molecule has 1 saturated carbocycles. The van der Waals surface area contributed by atoms with Gasteiger partial charge in [0.2, 0.25) is 0 Å². The topological polar surface area (TPSA) is 80.5 Å². The maximum absolute atomic E-state index is 12.9. The molecule has 2 atom stereocenters. The average molecular weight is 336 g/mol. The molecule has 0 amide bonds. The molecule has 6 nitrogen and oxygen atoms in total. The van der Waals surface area contributed by atoms with Crippen LogP contribution in [0.25, 0.3) is 0 Å². The normalized spacial score (nSPS) is 27.1.